The predicted molar refractivity (Wildman–Crippen MR) is 122 cm³/mol. The lowest BCUT2D eigenvalue weighted by molar-refractivity contribution is 0.303. The van der Waals surface area contributed by atoms with E-state index in [4.69, 9.17) is 9.15 Å². The highest BCUT2D eigenvalue weighted by molar-refractivity contribution is 5.84. The van der Waals surface area contributed by atoms with Gasteiger partial charge in [0.25, 0.3) is 0 Å². The second kappa shape index (κ2) is 9.00. The van der Waals surface area contributed by atoms with E-state index in [2.05, 4.69) is 62.4 Å². The maximum atomic E-state index is 12.8. The zero-order valence-electron chi connectivity index (χ0n) is 17.5. The van der Waals surface area contributed by atoms with Crippen molar-refractivity contribution in [1.82, 2.24) is 0 Å². The van der Waals surface area contributed by atoms with Crippen LogP contribution in [0.2, 0.25) is 0 Å². The van der Waals surface area contributed by atoms with Crippen LogP contribution in [0.1, 0.15) is 36.5 Å². The topological polar surface area (TPSA) is 39.4 Å². The first kappa shape index (κ1) is 20.0. The third kappa shape index (κ3) is 4.62. The van der Waals surface area contributed by atoms with Crippen LogP contribution in [0.25, 0.3) is 11.0 Å². The average molecular weight is 399 g/mol. The van der Waals surface area contributed by atoms with Gasteiger partial charge in [-0.1, -0.05) is 77.4 Å². The van der Waals surface area contributed by atoms with Crippen LogP contribution in [-0.4, -0.2) is 0 Å². The van der Waals surface area contributed by atoms with Gasteiger partial charge >= 0.3 is 5.63 Å². The van der Waals surface area contributed by atoms with E-state index in [1.165, 1.54) is 16.7 Å². The minimum atomic E-state index is -0.316. The largest absolute Gasteiger partial charge is 0.488 e. The highest BCUT2D eigenvalue weighted by atomic mass is 16.5. The molecule has 0 aliphatic heterocycles. The summed E-state index contributed by atoms with van der Waals surface area (Å²) in [6.45, 7) is 4.56. The number of hydrogen-bond acceptors (Lipinski definition) is 3. The molecule has 3 aromatic rings. The lowest BCUT2D eigenvalue weighted by Crippen LogP contribution is -2.12. The van der Waals surface area contributed by atoms with Gasteiger partial charge in [-0.3, -0.25) is 0 Å². The minimum Gasteiger partial charge on any atom is -0.488 e. The fourth-order valence-corrected chi connectivity index (χ4v) is 3.62. The van der Waals surface area contributed by atoms with Crippen molar-refractivity contribution in [2.75, 3.05) is 0 Å². The Bertz CT molecular complexity index is 1190. The summed E-state index contributed by atoms with van der Waals surface area (Å²) in [7, 11) is 0. The number of benzene rings is 2. The second-order valence-electron chi connectivity index (χ2n) is 7.81. The summed E-state index contributed by atoms with van der Waals surface area (Å²) in [4.78, 5) is 12.8. The van der Waals surface area contributed by atoms with Crippen molar-refractivity contribution in [3.05, 3.63) is 111 Å². The van der Waals surface area contributed by atoms with Gasteiger partial charge in [0, 0.05) is 0 Å². The first-order chi connectivity index (χ1) is 14.6. The third-order valence-electron chi connectivity index (χ3n) is 5.40. The first-order valence-corrected chi connectivity index (χ1v) is 10.4. The van der Waals surface area contributed by atoms with E-state index >= 15 is 0 Å². The Labute approximate surface area is 177 Å². The Morgan fingerprint density at radius 2 is 1.77 bits per heavy atom. The summed E-state index contributed by atoms with van der Waals surface area (Å²) in [6.07, 6.45) is 10.8. The Kier molecular flexibility index (Phi) is 5.99. The maximum absolute atomic E-state index is 12.8. The van der Waals surface area contributed by atoms with Crippen LogP contribution in [0.3, 0.4) is 0 Å². The molecular weight excluding hydrogens is 372 g/mol. The van der Waals surface area contributed by atoms with E-state index in [1.807, 2.05) is 24.3 Å². The number of para-hydroxylation sites is 1. The van der Waals surface area contributed by atoms with Crippen LogP contribution in [0.5, 0.6) is 5.75 Å². The average Bonchev–Trinajstić information content (AvgIpc) is 2.96. The molecule has 0 amide bonds. The molecule has 3 heteroatoms. The van der Waals surface area contributed by atoms with E-state index in [0.29, 0.717) is 29.9 Å². The van der Waals surface area contributed by atoms with Crippen molar-refractivity contribution in [3.63, 3.8) is 0 Å². The molecule has 152 valence electrons. The molecule has 0 fully saturated rings. The van der Waals surface area contributed by atoms with Gasteiger partial charge in [-0.25, -0.2) is 4.79 Å². The molecule has 1 aliphatic carbocycles. The van der Waals surface area contributed by atoms with Crippen LogP contribution in [0.15, 0.2) is 93.2 Å². The summed E-state index contributed by atoms with van der Waals surface area (Å²) in [5, 5.41) is 0.838. The van der Waals surface area contributed by atoms with E-state index in [1.54, 1.807) is 0 Å². The normalized spacial score (nSPS) is 13.7. The molecule has 0 spiro atoms. The Balaban J connectivity index is 1.65. The van der Waals surface area contributed by atoms with Crippen LogP contribution in [0, 0.1) is 6.92 Å². The Hall–Kier alpha value is -3.33. The predicted octanol–water partition coefficient (Wildman–Crippen LogP) is 6.45. The summed E-state index contributed by atoms with van der Waals surface area (Å²) < 4.78 is 11.8. The summed E-state index contributed by atoms with van der Waals surface area (Å²) in [5.74, 6) is 0.638. The molecule has 0 N–H and O–H groups in total. The van der Waals surface area contributed by atoms with Gasteiger partial charge < -0.3 is 9.15 Å². The zero-order valence-corrected chi connectivity index (χ0v) is 17.5. The van der Waals surface area contributed by atoms with Gasteiger partial charge in [0.1, 0.15) is 17.9 Å². The molecular formula is C27H26O3. The summed E-state index contributed by atoms with van der Waals surface area (Å²) in [5.41, 5.74) is 5.65. The molecule has 0 radical (unpaired) electrons. The molecule has 0 unspecified atom stereocenters. The number of rotatable bonds is 6. The first-order valence-electron chi connectivity index (χ1n) is 10.4. The lowest BCUT2D eigenvalue weighted by Gasteiger charge is -2.14. The molecule has 30 heavy (non-hydrogen) atoms. The molecule has 0 saturated heterocycles. The number of hydrogen-bond donors (Lipinski definition) is 0. The molecule has 3 nitrogen and oxygen atoms in total. The number of allylic oxidation sites excluding steroid dienone is 6. The van der Waals surface area contributed by atoms with Crippen LogP contribution in [0.4, 0.5) is 0 Å². The number of aryl methyl sites for hydroxylation is 1. The lowest BCUT2D eigenvalue weighted by atomic mass is 10.0. The fourth-order valence-electron chi connectivity index (χ4n) is 3.62. The second-order valence-corrected chi connectivity index (χ2v) is 7.81. The Morgan fingerprint density at radius 3 is 2.60 bits per heavy atom. The van der Waals surface area contributed by atoms with E-state index in [0.717, 1.165) is 23.8 Å². The molecule has 4 rings (SSSR count). The number of fused-ring (bicyclic) bond motifs is 1. The zero-order chi connectivity index (χ0) is 20.9. The summed E-state index contributed by atoms with van der Waals surface area (Å²) in [6, 6.07) is 15.8. The van der Waals surface area contributed by atoms with Crippen molar-refractivity contribution < 1.29 is 9.15 Å². The summed E-state index contributed by atoms with van der Waals surface area (Å²) >= 11 is 0. The molecule has 1 heterocycles. The molecule has 0 atom stereocenters. The third-order valence-corrected chi connectivity index (χ3v) is 5.40. The highest BCUT2D eigenvalue weighted by Crippen LogP contribution is 2.30. The van der Waals surface area contributed by atoms with E-state index in [-0.39, 0.29) is 5.63 Å². The molecule has 2 aromatic carbocycles. The van der Waals surface area contributed by atoms with Gasteiger partial charge in [0.15, 0.2) is 0 Å². The SMILES string of the molecule is CC1=CC=C(CCc2c(OCc3ccc(C)cc3)c3ccccc3oc2=O)CC=C1. The van der Waals surface area contributed by atoms with Gasteiger partial charge in [-0.15, -0.1) is 0 Å². The van der Waals surface area contributed by atoms with Crippen molar-refractivity contribution in [1.29, 1.82) is 0 Å². The van der Waals surface area contributed by atoms with Crippen molar-refractivity contribution in [2.45, 2.75) is 39.7 Å². The van der Waals surface area contributed by atoms with Crippen molar-refractivity contribution in [2.24, 2.45) is 0 Å². The van der Waals surface area contributed by atoms with Gasteiger partial charge in [0.05, 0.1) is 10.9 Å². The monoisotopic (exact) mass is 398 g/mol. The van der Waals surface area contributed by atoms with Crippen molar-refractivity contribution >= 4 is 11.0 Å². The molecule has 0 bridgehead atoms. The molecule has 0 saturated carbocycles. The smallest absolute Gasteiger partial charge is 0.343 e. The minimum absolute atomic E-state index is 0.316. The van der Waals surface area contributed by atoms with Gasteiger partial charge in [-0.05, 0) is 50.8 Å². The van der Waals surface area contributed by atoms with E-state index < -0.39 is 0 Å². The van der Waals surface area contributed by atoms with Gasteiger partial charge in [0.2, 0.25) is 0 Å². The van der Waals surface area contributed by atoms with Crippen LogP contribution >= 0.6 is 0 Å². The standard InChI is InChI=1S/C27H26O3/c1-19-6-5-7-21(13-10-19)16-17-24-26(29-18-22-14-11-20(2)12-15-22)23-8-3-4-9-25(23)30-27(24)28/h3-6,8-15H,7,16-18H2,1-2H3. The fraction of sp³-hybridized carbons (Fsp3) is 0.222. The van der Waals surface area contributed by atoms with Gasteiger partial charge in [-0.2, -0.15) is 0 Å². The molecule has 1 aromatic heterocycles. The van der Waals surface area contributed by atoms with E-state index in [9.17, 15) is 4.79 Å². The van der Waals surface area contributed by atoms with Crippen molar-refractivity contribution in [3.8, 4) is 5.75 Å². The van der Waals surface area contributed by atoms with Crippen LogP contribution in [-0.2, 0) is 13.0 Å². The highest BCUT2D eigenvalue weighted by Gasteiger charge is 2.16. The quantitative estimate of drug-likeness (QED) is 0.448. The Morgan fingerprint density at radius 1 is 0.967 bits per heavy atom. The van der Waals surface area contributed by atoms with Crippen LogP contribution < -0.4 is 10.4 Å². The maximum Gasteiger partial charge on any atom is 0.343 e. The molecule has 1 aliphatic rings. The number of ether oxygens (including phenoxy) is 1.